The summed E-state index contributed by atoms with van der Waals surface area (Å²) >= 11 is 0. The van der Waals surface area contributed by atoms with Crippen molar-refractivity contribution >= 4 is 19.8 Å². The number of quaternary nitrogens is 1. The van der Waals surface area contributed by atoms with Gasteiger partial charge in [-0.2, -0.15) is 0 Å². The molecular formula is C80H126NO8P. The van der Waals surface area contributed by atoms with Crippen molar-refractivity contribution in [2.24, 2.45) is 0 Å². The summed E-state index contributed by atoms with van der Waals surface area (Å²) in [6, 6.07) is 0. The van der Waals surface area contributed by atoms with Crippen molar-refractivity contribution < 1.29 is 42.1 Å². The first-order valence-corrected chi connectivity index (χ1v) is 36.3. The summed E-state index contributed by atoms with van der Waals surface area (Å²) in [5.74, 6) is -0.879. The molecule has 0 spiro atoms. The Morgan fingerprint density at radius 1 is 0.344 bits per heavy atom. The Bertz CT molecular complexity index is 2270. The fourth-order valence-corrected chi connectivity index (χ4v) is 9.27. The average Bonchev–Trinajstić information content (AvgIpc) is 3.62. The van der Waals surface area contributed by atoms with Crippen LogP contribution in [0, 0.1) is 0 Å². The predicted octanol–water partition coefficient (Wildman–Crippen LogP) is 22.4. The van der Waals surface area contributed by atoms with Crippen molar-refractivity contribution in [3.8, 4) is 0 Å². The third-order valence-corrected chi connectivity index (χ3v) is 14.8. The summed E-state index contributed by atoms with van der Waals surface area (Å²) < 4.78 is 34.2. The molecule has 0 aliphatic heterocycles. The molecule has 0 aromatic rings. The zero-order chi connectivity index (χ0) is 65.5. The minimum atomic E-state index is -4.66. The van der Waals surface area contributed by atoms with E-state index in [-0.39, 0.29) is 26.1 Å². The monoisotopic (exact) mass is 1260 g/mol. The Morgan fingerprint density at radius 2 is 0.600 bits per heavy atom. The highest BCUT2D eigenvalue weighted by Crippen LogP contribution is 2.38. The van der Waals surface area contributed by atoms with Crippen molar-refractivity contribution in [1.82, 2.24) is 0 Å². The van der Waals surface area contributed by atoms with Gasteiger partial charge < -0.3 is 27.9 Å². The SMILES string of the molecule is CC/C=C\C/C=C\C/C=C\C/C=C\C/C=C\C/C=C\C/C=C\C/C=C\C/C=C\C/C=C\C/C=C\CCCCCCCCCC(=O)OC(COC(=O)CCCCCCCC/C=C\C/C=C\C/C=C\C/C=C\C/C=C\C/C=C\CC)COP(=O)([O-])OCC[N+](C)(C)C. The highest BCUT2D eigenvalue weighted by molar-refractivity contribution is 7.45. The van der Waals surface area contributed by atoms with E-state index in [1.165, 1.54) is 12.8 Å². The quantitative estimate of drug-likeness (QED) is 0.0195. The first kappa shape index (κ1) is 84.6. The molecule has 504 valence electrons. The maximum absolute atomic E-state index is 12.9. The third-order valence-electron chi connectivity index (χ3n) is 13.8. The van der Waals surface area contributed by atoms with E-state index in [9.17, 15) is 19.0 Å². The topological polar surface area (TPSA) is 111 Å². The molecule has 2 atom stereocenters. The number of likely N-dealkylation sites (N-methyl/N-ethyl adjacent to an activating group) is 1. The number of esters is 2. The molecule has 0 radical (unpaired) electrons. The van der Waals surface area contributed by atoms with Gasteiger partial charge in [-0.15, -0.1) is 0 Å². The predicted molar refractivity (Wildman–Crippen MR) is 387 cm³/mol. The maximum Gasteiger partial charge on any atom is 0.306 e. The molecule has 0 rings (SSSR count). The number of hydrogen-bond acceptors (Lipinski definition) is 8. The zero-order valence-corrected chi connectivity index (χ0v) is 58.1. The summed E-state index contributed by atoms with van der Waals surface area (Å²) in [6.45, 7) is 3.95. The molecule has 0 saturated heterocycles. The number of carbonyl (C=O) groups is 2. The number of ether oxygens (including phenoxy) is 2. The zero-order valence-electron chi connectivity index (χ0n) is 57.2. The minimum Gasteiger partial charge on any atom is -0.756 e. The van der Waals surface area contributed by atoms with Crippen LogP contribution < -0.4 is 4.89 Å². The van der Waals surface area contributed by atoms with Crippen LogP contribution in [0.1, 0.15) is 232 Å². The highest BCUT2D eigenvalue weighted by atomic mass is 31.2. The second-order valence-corrected chi connectivity index (χ2v) is 24.8. The summed E-state index contributed by atoms with van der Waals surface area (Å²) in [7, 11) is 1.12. The van der Waals surface area contributed by atoms with E-state index in [0.29, 0.717) is 23.9 Å². The molecule has 0 aromatic carbocycles. The van der Waals surface area contributed by atoms with Gasteiger partial charge in [0, 0.05) is 12.8 Å². The fraction of sp³-hybridized carbons (Fsp3) is 0.550. The molecule has 90 heavy (non-hydrogen) atoms. The maximum atomic E-state index is 12.9. The van der Waals surface area contributed by atoms with Crippen LogP contribution in [0.15, 0.2) is 207 Å². The second kappa shape index (κ2) is 68.0. The number of hydrogen-bond donors (Lipinski definition) is 0. The molecule has 0 bridgehead atoms. The van der Waals surface area contributed by atoms with Crippen LogP contribution in [0.25, 0.3) is 0 Å². The lowest BCUT2D eigenvalue weighted by atomic mass is 10.1. The van der Waals surface area contributed by atoms with Gasteiger partial charge >= 0.3 is 11.9 Å². The second-order valence-electron chi connectivity index (χ2n) is 23.4. The fourth-order valence-electron chi connectivity index (χ4n) is 8.55. The Hall–Kier alpha value is -5.41. The van der Waals surface area contributed by atoms with Gasteiger partial charge in [-0.05, 0) is 148 Å². The molecule has 0 aliphatic rings. The molecule has 10 heteroatoms. The molecule has 0 aliphatic carbocycles. The van der Waals surface area contributed by atoms with Gasteiger partial charge in [0.1, 0.15) is 19.8 Å². The van der Waals surface area contributed by atoms with Gasteiger partial charge in [0.05, 0.1) is 27.7 Å². The van der Waals surface area contributed by atoms with Crippen LogP contribution in [0.4, 0.5) is 0 Å². The standard InChI is InChI=1S/C80H126NO8P/c1-6-8-10-12-14-16-18-20-22-24-26-28-30-32-33-34-35-36-37-38-39-40-41-42-43-44-45-46-47-49-51-53-55-57-59-61-63-65-67-69-71-73-80(83)89-78(77-88-90(84,85)87-75-74-81(3,4)5)76-86-79(82)72-70-68-66-64-62-60-58-56-54-52-50-48-31-29-27-25-23-21-19-17-15-13-11-9-7-2/h8-11,14-17,20-23,26-29,32-33,35-36,38-39,41-42,44-45,47-50,53-56,78H,6-7,12-13,18-19,24-25,30-31,34,37,40,43,46,51-52,57-77H2,1-5H3/b10-8-,11-9-,16-14-,17-15-,22-20-,23-21-,28-26-,29-27-,33-32-,36-35-,39-38-,42-41-,45-44-,49-47-,50-48-,55-53-,56-54-. The van der Waals surface area contributed by atoms with Crippen molar-refractivity contribution in [3.05, 3.63) is 207 Å². The van der Waals surface area contributed by atoms with Gasteiger partial charge in [-0.25, -0.2) is 0 Å². The molecule has 0 N–H and O–H groups in total. The average molecular weight is 1260 g/mol. The normalized spacial score (nSPS) is 14.4. The Balaban J connectivity index is 4.19. The van der Waals surface area contributed by atoms with E-state index in [1.807, 2.05) is 21.1 Å². The lowest BCUT2D eigenvalue weighted by molar-refractivity contribution is -0.870. The van der Waals surface area contributed by atoms with E-state index in [4.69, 9.17) is 18.5 Å². The number of carbonyl (C=O) groups excluding carboxylic acids is 2. The van der Waals surface area contributed by atoms with Crippen molar-refractivity contribution in [2.75, 3.05) is 47.5 Å². The number of rotatable bonds is 61. The lowest BCUT2D eigenvalue weighted by Crippen LogP contribution is -2.37. The first-order valence-electron chi connectivity index (χ1n) is 34.8. The molecular weight excluding hydrogens is 1130 g/mol. The van der Waals surface area contributed by atoms with Crippen molar-refractivity contribution in [1.29, 1.82) is 0 Å². The number of phosphoric ester groups is 1. The van der Waals surface area contributed by atoms with Gasteiger partial charge in [0.2, 0.25) is 0 Å². The minimum absolute atomic E-state index is 0.0476. The van der Waals surface area contributed by atoms with E-state index in [2.05, 4.69) is 220 Å². The largest absolute Gasteiger partial charge is 0.756 e. The number of allylic oxidation sites excluding steroid dienone is 34. The molecule has 0 amide bonds. The molecule has 9 nitrogen and oxygen atoms in total. The van der Waals surface area contributed by atoms with Crippen LogP contribution >= 0.6 is 7.82 Å². The molecule has 2 unspecified atom stereocenters. The van der Waals surface area contributed by atoms with Crippen LogP contribution in [-0.2, 0) is 32.7 Å². The highest BCUT2D eigenvalue weighted by Gasteiger charge is 2.22. The van der Waals surface area contributed by atoms with E-state index in [0.717, 1.165) is 180 Å². The number of phosphoric acid groups is 1. The Labute approximate surface area is 551 Å². The third kappa shape index (κ3) is 71.7. The number of unbranched alkanes of at least 4 members (excludes halogenated alkanes) is 13. The van der Waals surface area contributed by atoms with Gasteiger partial charge in [-0.3, -0.25) is 14.2 Å². The molecule has 0 heterocycles. The summed E-state index contributed by atoms with van der Waals surface area (Å²) in [6.07, 6.45) is 107. The van der Waals surface area contributed by atoms with Crippen LogP contribution in [0.5, 0.6) is 0 Å². The van der Waals surface area contributed by atoms with E-state index in [1.54, 1.807) is 0 Å². The Kier molecular flexibility index (Phi) is 63.9. The van der Waals surface area contributed by atoms with E-state index >= 15 is 0 Å². The van der Waals surface area contributed by atoms with Crippen LogP contribution in [0.2, 0.25) is 0 Å². The summed E-state index contributed by atoms with van der Waals surface area (Å²) in [5, 5.41) is 0. The summed E-state index contributed by atoms with van der Waals surface area (Å²) in [4.78, 5) is 38.0. The van der Waals surface area contributed by atoms with Crippen molar-refractivity contribution in [3.63, 3.8) is 0 Å². The molecule has 0 aromatic heterocycles. The van der Waals surface area contributed by atoms with Gasteiger partial charge in [0.25, 0.3) is 7.82 Å². The number of nitrogens with zero attached hydrogens (tertiary/aromatic N) is 1. The molecule has 0 saturated carbocycles. The lowest BCUT2D eigenvalue weighted by Gasteiger charge is -2.28. The van der Waals surface area contributed by atoms with Gasteiger partial charge in [0.15, 0.2) is 6.10 Å². The first-order chi connectivity index (χ1) is 44.0. The van der Waals surface area contributed by atoms with E-state index < -0.39 is 32.5 Å². The Morgan fingerprint density at radius 3 is 0.889 bits per heavy atom. The van der Waals surface area contributed by atoms with Crippen LogP contribution in [-0.4, -0.2) is 70.0 Å². The van der Waals surface area contributed by atoms with Gasteiger partial charge in [-0.1, -0.05) is 278 Å². The summed E-state index contributed by atoms with van der Waals surface area (Å²) in [5.41, 5.74) is 0. The molecule has 0 fully saturated rings. The van der Waals surface area contributed by atoms with Crippen LogP contribution in [0.3, 0.4) is 0 Å². The smallest absolute Gasteiger partial charge is 0.306 e. The van der Waals surface area contributed by atoms with Crippen molar-refractivity contribution in [2.45, 2.75) is 238 Å².